The maximum atomic E-state index is 12.1. The number of rotatable bonds is 6. The molecule has 0 saturated carbocycles. The normalized spacial score (nSPS) is 12.2. The summed E-state index contributed by atoms with van der Waals surface area (Å²) in [6.07, 6.45) is -0.0330. The van der Waals surface area contributed by atoms with Crippen molar-refractivity contribution in [3.05, 3.63) is 40.4 Å². The van der Waals surface area contributed by atoms with Crippen LogP contribution in [0.4, 0.5) is 10.5 Å². The Morgan fingerprint density at radius 3 is 2.83 bits per heavy atom. The summed E-state index contributed by atoms with van der Waals surface area (Å²) in [6, 6.07) is 7.42. The zero-order valence-corrected chi connectivity index (χ0v) is 15.1. The van der Waals surface area contributed by atoms with Crippen LogP contribution in [0.3, 0.4) is 0 Å². The van der Waals surface area contributed by atoms with Crippen LogP contribution in [0.15, 0.2) is 24.3 Å². The zero-order chi connectivity index (χ0) is 17.7. The maximum Gasteiger partial charge on any atom is 0.319 e. The second-order valence-corrected chi connectivity index (χ2v) is 6.11. The van der Waals surface area contributed by atoms with E-state index in [1.54, 1.807) is 7.11 Å². The van der Waals surface area contributed by atoms with E-state index in [1.807, 2.05) is 49.6 Å². The van der Waals surface area contributed by atoms with E-state index in [9.17, 15) is 4.79 Å². The summed E-state index contributed by atoms with van der Waals surface area (Å²) in [7, 11) is 1.65. The van der Waals surface area contributed by atoms with Crippen molar-refractivity contribution in [1.29, 1.82) is 0 Å². The van der Waals surface area contributed by atoms with Gasteiger partial charge < -0.3 is 19.9 Å². The van der Waals surface area contributed by atoms with Crippen LogP contribution in [0, 0.1) is 4.77 Å². The Kier molecular flexibility index (Phi) is 6.10. The van der Waals surface area contributed by atoms with Gasteiger partial charge in [0.05, 0.1) is 12.6 Å². The van der Waals surface area contributed by atoms with Gasteiger partial charge in [-0.25, -0.2) is 4.79 Å². The summed E-state index contributed by atoms with van der Waals surface area (Å²) < 4.78 is 7.70. The van der Waals surface area contributed by atoms with Crippen LogP contribution in [-0.4, -0.2) is 27.9 Å². The number of nitrogens with one attached hydrogen (secondary N) is 3. The largest absolute Gasteiger partial charge is 0.377 e. The molecule has 0 aliphatic carbocycles. The number of nitrogens with zero attached hydrogens (tertiary/aromatic N) is 2. The van der Waals surface area contributed by atoms with Crippen molar-refractivity contribution in [1.82, 2.24) is 20.1 Å². The Hall–Kier alpha value is -2.19. The van der Waals surface area contributed by atoms with Crippen molar-refractivity contribution in [2.45, 2.75) is 39.5 Å². The molecule has 0 saturated heterocycles. The first-order valence-corrected chi connectivity index (χ1v) is 8.16. The molecular formula is C16H23N5O2S. The van der Waals surface area contributed by atoms with Crippen LogP contribution in [0.1, 0.15) is 44.3 Å². The molecule has 1 aromatic heterocycles. The molecule has 2 aromatic rings. The highest BCUT2D eigenvalue weighted by atomic mass is 32.1. The zero-order valence-electron chi connectivity index (χ0n) is 14.3. The number of ether oxygens (including phenoxy) is 1. The van der Waals surface area contributed by atoms with Gasteiger partial charge in [-0.15, -0.1) is 0 Å². The molecule has 0 bridgehead atoms. The standard InChI is InChI=1S/C16H23N5O2S/c1-10(2)21-14(19-20-16(21)24)9-17-15(22)18-13-7-5-6-12(8-13)11(3)23-4/h5-8,10-11H,9H2,1-4H3,(H,20,24)(H2,17,18,22)/t11-/m1/s1. The summed E-state index contributed by atoms with van der Waals surface area (Å²) in [6.45, 7) is 6.26. The number of urea groups is 1. The highest BCUT2D eigenvalue weighted by Crippen LogP contribution is 2.19. The van der Waals surface area contributed by atoms with Gasteiger partial charge in [0, 0.05) is 18.8 Å². The number of carbonyl (C=O) groups excluding carboxylic acids is 1. The number of carbonyl (C=O) groups is 1. The molecule has 1 atom stereocenters. The second-order valence-electron chi connectivity index (χ2n) is 5.72. The quantitative estimate of drug-likeness (QED) is 0.696. The van der Waals surface area contributed by atoms with Crippen LogP contribution >= 0.6 is 12.2 Å². The van der Waals surface area contributed by atoms with Gasteiger partial charge in [-0.1, -0.05) is 12.1 Å². The Bertz CT molecular complexity index is 753. The SMILES string of the molecule is CO[C@H](C)c1cccc(NC(=O)NCc2n[nH]c(=S)n2C(C)C)c1. The van der Waals surface area contributed by atoms with E-state index in [2.05, 4.69) is 20.8 Å². The van der Waals surface area contributed by atoms with E-state index in [-0.39, 0.29) is 24.7 Å². The molecule has 1 heterocycles. The van der Waals surface area contributed by atoms with Gasteiger partial charge in [0.15, 0.2) is 10.6 Å². The molecule has 0 spiro atoms. The van der Waals surface area contributed by atoms with Gasteiger partial charge in [0.25, 0.3) is 0 Å². The predicted octanol–water partition coefficient (Wildman–Crippen LogP) is 3.55. The average Bonchev–Trinajstić information content (AvgIpc) is 2.93. The molecule has 24 heavy (non-hydrogen) atoms. The first kappa shape index (κ1) is 18.2. The number of H-pyrrole nitrogens is 1. The summed E-state index contributed by atoms with van der Waals surface area (Å²) in [5.74, 6) is 0.687. The first-order valence-electron chi connectivity index (χ1n) is 7.75. The second kappa shape index (κ2) is 8.07. The molecule has 3 N–H and O–H groups in total. The molecule has 130 valence electrons. The molecule has 8 heteroatoms. The van der Waals surface area contributed by atoms with Gasteiger partial charge in [0.1, 0.15) is 0 Å². The van der Waals surface area contributed by atoms with Crippen LogP contribution in [0.5, 0.6) is 0 Å². The Morgan fingerprint density at radius 1 is 1.42 bits per heavy atom. The van der Waals surface area contributed by atoms with E-state index >= 15 is 0 Å². The van der Waals surface area contributed by atoms with Crippen LogP contribution < -0.4 is 10.6 Å². The number of hydrogen-bond donors (Lipinski definition) is 3. The molecule has 0 unspecified atom stereocenters. The smallest absolute Gasteiger partial charge is 0.319 e. The summed E-state index contributed by atoms with van der Waals surface area (Å²) in [4.78, 5) is 12.1. The van der Waals surface area contributed by atoms with Gasteiger partial charge in [-0.05, 0) is 50.7 Å². The molecule has 0 radical (unpaired) electrons. The fourth-order valence-corrected chi connectivity index (χ4v) is 2.70. The van der Waals surface area contributed by atoms with E-state index in [1.165, 1.54) is 0 Å². The molecular weight excluding hydrogens is 326 g/mol. The minimum Gasteiger partial charge on any atom is -0.377 e. The predicted molar refractivity (Wildman–Crippen MR) is 95.5 cm³/mol. The van der Waals surface area contributed by atoms with Gasteiger partial charge >= 0.3 is 6.03 Å². The summed E-state index contributed by atoms with van der Waals surface area (Å²) in [5, 5.41) is 12.5. The third kappa shape index (κ3) is 4.42. The van der Waals surface area contributed by atoms with Gasteiger partial charge in [-0.3, -0.25) is 5.10 Å². The highest BCUT2D eigenvalue weighted by Gasteiger charge is 2.11. The fourth-order valence-electron chi connectivity index (χ4n) is 2.33. The van der Waals surface area contributed by atoms with Crippen molar-refractivity contribution < 1.29 is 9.53 Å². The summed E-state index contributed by atoms with van der Waals surface area (Å²) >= 11 is 5.19. The van der Waals surface area contributed by atoms with E-state index < -0.39 is 0 Å². The lowest BCUT2D eigenvalue weighted by Crippen LogP contribution is -2.29. The number of amides is 2. The van der Waals surface area contributed by atoms with Gasteiger partial charge in [0.2, 0.25) is 0 Å². The van der Waals surface area contributed by atoms with Crippen molar-refractivity contribution in [2.24, 2.45) is 0 Å². The fraction of sp³-hybridized carbons (Fsp3) is 0.438. The monoisotopic (exact) mass is 349 g/mol. The first-order chi connectivity index (χ1) is 11.4. The minimum atomic E-state index is -0.304. The molecule has 0 aliphatic heterocycles. The minimum absolute atomic E-state index is 0.0330. The third-order valence-corrected chi connectivity index (χ3v) is 3.96. The van der Waals surface area contributed by atoms with E-state index in [0.29, 0.717) is 16.3 Å². The van der Waals surface area contributed by atoms with Crippen LogP contribution in [0.25, 0.3) is 0 Å². The van der Waals surface area contributed by atoms with Crippen molar-refractivity contribution in [3.8, 4) is 0 Å². The number of aromatic amines is 1. The maximum absolute atomic E-state index is 12.1. The van der Waals surface area contributed by atoms with Crippen molar-refractivity contribution in [3.63, 3.8) is 0 Å². The lowest BCUT2D eigenvalue weighted by molar-refractivity contribution is 0.119. The lowest BCUT2D eigenvalue weighted by atomic mass is 10.1. The molecule has 2 rings (SSSR count). The third-order valence-electron chi connectivity index (χ3n) is 3.67. The van der Waals surface area contributed by atoms with Crippen LogP contribution in [-0.2, 0) is 11.3 Å². The van der Waals surface area contributed by atoms with Crippen LogP contribution in [0.2, 0.25) is 0 Å². The topological polar surface area (TPSA) is 84.0 Å². The Balaban J connectivity index is 1.98. The summed E-state index contributed by atoms with van der Waals surface area (Å²) in [5.41, 5.74) is 1.70. The van der Waals surface area contributed by atoms with E-state index in [4.69, 9.17) is 17.0 Å². The number of methoxy groups -OCH3 is 1. The highest BCUT2D eigenvalue weighted by molar-refractivity contribution is 7.71. The number of benzene rings is 1. The number of hydrogen-bond acceptors (Lipinski definition) is 4. The number of aromatic nitrogens is 3. The number of anilines is 1. The van der Waals surface area contributed by atoms with Gasteiger partial charge in [-0.2, -0.15) is 5.10 Å². The molecule has 1 aromatic carbocycles. The molecule has 0 fully saturated rings. The lowest BCUT2D eigenvalue weighted by Gasteiger charge is -2.13. The van der Waals surface area contributed by atoms with Crippen molar-refractivity contribution >= 4 is 23.9 Å². The molecule has 2 amide bonds. The van der Waals surface area contributed by atoms with Crippen molar-refractivity contribution in [2.75, 3.05) is 12.4 Å². The Morgan fingerprint density at radius 2 is 2.17 bits per heavy atom. The molecule has 7 nitrogen and oxygen atoms in total. The average molecular weight is 349 g/mol. The Labute approximate surface area is 146 Å². The van der Waals surface area contributed by atoms with E-state index in [0.717, 1.165) is 5.56 Å². The molecule has 0 aliphatic rings.